The Morgan fingerprint density at radius 3 is 2.57 bits per heavy atom. The molecule has 0 spiro atoms. The molecule has 1 heterocycles. The minimum atomic E-state index is -0.474. The number of nitrogens with one attached hydrogen (secondary N) is 1. The summed E-state index contributed by atoms with van der Waals surface area (Å²) in [5.41, 5.74) is 2.50. The number of amides is 1. The third kappa shape index (κ3) is 4.83. The zero-order valence-corrected chi connectivity index (χ0v) is 16.0. The number of amidine groups is 1. The monoisotopic (exact) mass is 395 g/mol. The summed E-state index contributed by atoms with van der Waals surface area (Å²) in [5, 5.41) is 21.7. The maximum atomic E-state index is 12.1. The molecular formula is C19H17N5O3S. The highest BCUT2D eigenvalue weighted by Gasteiger charge is 2.23. The molecule has 1 fully saturated rings. The quantitative estimate of drug-likeness (QED) is 0.362. The van der Waals surface area contributed by atoms with Crippen molar-refractivity contribution in [3.8, 4) is 0 Å². The Balaban J connectivity index is 1.69. The third-order valence-corrected chi connectivity index (χ3v) is 4.69. The summed E-state index contributed by atoms with van der Waals surface area (Å²) >= 11 is 1.19. The van der Waals surface area contributed by atoms with Gasteiger partial charge in [-0.3, -0.25) is 20.2 Å². The smallest absolute Gasteiger partial charge is 0.270 e. The van der Waals surface area contributed by atoms with Crippen molar-refractivity contribution in [3.63, 3.8) is 0 Å². The van der Waals surface area contributed by atoms with Crippen LogP contribution in [0.3, 0.4) is 0 Å². The van der Waals surface area contributed by atoms with Gasteiger partial charge >= 0.3 is 0 Å². The van der Waals surface area contributed by atoms with Gasteiger partial charge in [0.2, 0.25) is 0 Å². The van der Waals surface area contributed by atoms with Crippen molar-refractivity contribution in [1.29, 1.82) is 0 Å². The molecule has 2 aromatic carbocycles. The molecule has 3 rings (SSSR count). The summed E-state index contributed by atoms with van der Waals surface area (Å²) in [5.74, 6) is -0.244. The second-order valence-electron chi connectivity index (χ2n) is 6.05. The topological polar surface area (TPSA) is 100 Å². The largest absolute Gasteiger partial charge is 0.378 e. The van der Waals surface area contributed by atoms with Gasteiger partial charge in [-0.15, -0.1) is 5.10 Å². The number of rotatable bonds is 5. The lowest BCUT2D eigenvalue weighted by atomic mass is 10.2. The Labute approximate surface area is 165 Å². The number of non-ortho nitro benzene ring substituents is 1. The van der Waals surface area contributed by atoms with E-state index in [2.05, 4.69) is 15.5 Å². The van der Waals surface area contributed by atoms with E-state index in [1.165, 1.54) is 30.1 Å². The number of hydrogen-bond acceptors (Lipinski definition) is 7. The maximum Gasteiger partial charge on any atom is 0.270 e. The van der Waals surface area contributed by atoms with Crippen LogP contribution < -0.4 is 10.2 Å². The second-order valence-corrected chi connectivity index (χ2v) is 7.08. The van der Waals surface area contributed by atoms with Gasteiger partial charge < -0.3 is 4.90 Å². The van der Waals surface area contributed by atoms with E-state index in [-0.39, 0.29) is 11.6 Å². The zero-order valence-electron chi connectivity index (χ0n) is 15.2. The van der Waals surface area contributed by atoms with Crippen LogP contribution in [-0.4, -0.2) is 36.3 Å². The molecular weight excluding hydrogens is 378 g/mol. The molecule has 1 amide bonds. The van der Waals surface area contributed by atoms with Crippen molar-refractivity contribution < 1.29 is 9.72 Å². The van der Waals surface area contributed by atoms with Crippen LogP contribution in [0.1, 0.15) is 11.1 Å². The summed E-state index contributed by atoms with van der Waals surface area (Å²) in [6.45, 7) is 0. The number of anilines is 1. The highest BCUT2D eigenvalue weighted by molar-refractivity contribution is 8.18. The normalized spacial score (nSPS) is 16.7. The number of hydrogen-bond donors (Lipinski definition) is 1. The fraction of sp³-hybridized carbons (Fsp3) is 0.105. The molecule has 2 aromatic rings. The molecule has 0 unspecified atom stereocenters. The van der Waals surface area contributed by atoms with Crippen LogP contribution in [-0.2, 0) is 4.79 Å². The Morgan fingerprint density at radius 1 is 1.14 bits per heavy atom. The summed E-state index contributed by atoms with van der Waals surface area (Å²) < 4.78 is 0. The van der Waals surface area contributed by atoms with Crippen molar-refractivity contribution in [3.05, 3.63) is 74.7 Å². The molecule has 0 aliphatic carbocycles. The molecule has 1 aliphatic rings. The van der Waals surface area contributed by atoms with Crippen molar-refractivity contribution in [2.45, 2.75) is 0 Å². The number of carbonyl (C=O) groups is 1. The lowest BCUT2D eigenvalue weighted by Gasteiger charge is -2.11. The number of nitro groups is 1. The second kappa shape index (κ2) is 8.49. The van der Waals surface area contributed by atoms with Crippen LogP contribution >= 0.6 is 11.8 Å². The SMILES string of the molecule is CN(C)c1ccc(/C=C2/S/C(=N\N=C/c3cccc([N+](=O)[O-])c3)NC2=O)cc1. The van der Waals surface area contributed by atoms with Gasteiger partial charge in [-0.25, -0.2) is 0 Å². The molecule has 0 saturated carbocycles. The first-order valence-corrected chi connectivity index (χ1v) is 9.08. The molecule has 28 heavy (non-hydrogen) atoms. The van der Waals surface area contributed by atoms with Gasteiger partial charge in [0.15, 0.2) is 5.17 Å². The van der Waals surface area contributed by atoms with E-state index in [0.29, 0.717) is 15.6 Å². The average molecular weight is 395 g/mol. The van der Waals surface area contributed by atoms with Crippen LogP contribution in [0.2, 0.25) is 0 Å². The van der Waals surface area contributed by atoms with E-state index in [0.717, 1.165) is 11.3 Å². The van der Waals surface area contributed by atoms with Crippen molar-refractivity contribution in [2.24, 2.45) is 10.2 Å². The molecule has 1 aliphatic heterocycles. The first-order valence-electron chi connectivity index (χ1n) is 8.26. The first kappa shape index (κ1) is 19.3. The van der Waals surface area contributed by atoms with Crippen molar-refractivity contribution >= 4 is 46.5 Å². The first-order chi connectivity index (χ1) is 13.4. The van der Waals surface area contributed by atoms with E-state index in [1.807, 2.05) is 43.3 Å². The van der Waals surface area contributed by atoms with Crippen LogP contribution in [0.5, 0.6) is 0 Å². The van der Waals surface area contributed by atoms with Crippen LogP contribution in [0, 0.1) is 10.1 Å². The Hall–Kier alpha value is -3.46. The van der Waals surface area contributed by atoms with E-state index in [1.54, 1.807) is 18.2 Å². The summed E-state index contributed by atoms with van der Waals surface area (Å²) in [6.07, 6.45) is 3.18. The van der Waals surface area contributed by atoms with Gasteiger partial charge in [0.1, 0.15) is 0 Å². The van der Waals surface area contributed by atoms with Crippen LogP contribution in [0.15, 0.2) is 63.6 Å². The fourth-order valence-corrected chi connectivity index (χ4v) is 3.14. The van der Waals surface area contributed by atoms with Crippen LogP contribution in [0.25, 0.3) is 6.08 Å². The number of nitrogens with zero attached hydrogens (tertiary/aromatic N) is 4. The number of nitro benzene ring substituents is 1. The van der Waals surface area contributed by atoms with E-state index < -0.39 is 4.92 Å². The standard InChI is InChI=1S/C19H17N5O3S/c1-23(2)15-8-6-13(7-9-15)11-17-18(25)21-19(28-17)22-20-12-14-4-3-5-16(10-14)24(26)27/h3-12H,1-2H3,(H,21,22,25)/b17-11+,20-12-. The van der Waals surface area contributed by atoms with Gasteiger partial charge in [0.05, 0.1) is 16.0 Å². The Kier molecular flexibility index (Phi) is 5.85. The summed E-state index contributed by atoms with van der Waals surface area (Å²) in [6, 6.07) is 13.9. The van der Waals surface area contributed by atoms with E-state index in [4.69, 9.17) is 0 Å². The van der Waals surface area contributed by atoms with Gasteiger partial charge in [-0.05, 0) is 35.5 Å². The number of benzene rings is 2. The van der Waals surface area contributed by atoms with E-state index in [9.17, 15) is 14.9 Å². The van der Waals surface area contributed by atoms with Gasteiger partial charge in [0, 0.05) is 37.5 Å². The molecule has 1 saturated heterocycles. The third-order valence-electron chi connectivity index (χ3n) is 3.79. The zero-order chi connectivity index (χ0) is 20.1. The lowest BCUT2D eigenvalue weighted by molar-refractivity contribution is -0.384. The molecule has 0 bridgehead atoms. The summed E-state index contributed by atoms with van der Waals surface area (Å²) in [4.78, 5) is 24.9. The minimum Gasteiger partial charge on any atom is -0.378 e. The minimum absolute atomic E-state index is 0.0225. The van der Waals surface area contributed by atoms with Crippen molar-refractivity contribution in [2.75, 3.05) is 19.0 Å². The van der Waals surface area contributed by atoms with Gasteiger partial charge in [-0.2, -0.15) is 5.10 Å². The summed E-state index contributed by atoms with van der Waals surface area (Å²) in [7, 11) is 3.93. The number of carbonyl (C=O) groups excluding carboxylic acids is 1. The molecule has 1 N–H and O–H groups in total. The molecule has 142 valence electrons. The molecule has 0 aromatic heterocycles. The van der Waals surface area contributed by atoms with Crippen molar-refractivity contribution in [1.82, 2.24) is 5.32 Å². The van der Waals surface area contributed by atoms with E-state index >= 15 is 0 Å². The Morgan fingerprint density at radius 2 is 1.89 bits per heavy atom. The molecule has 0 radical (unpaired) electrons. The van der Waals surface area contributed by atoms with Crippen LogP contribution in [0.4, 0.5) is 11.4 Å². The molecule has 8 nitrogen and oxygen atoms in total. The van der Waals surface area contributed by atoms with Gasteiger partial charge in [-0.1, -0.05) is 24.3 Å². The molecule has 0 atom stereocenters. The fourth-order valence-electron chi connectivity index (χ4n) is 2.36. The maximum absolute atomic E-state index is 12.1. The Bertz CT molecular complexity index is 997. The predicted octanol–water partition coefficient (Wildman–Crippen LogP) is 3.25. The van der Waals surface area contributed by atoms with Gasteiger partial charge in [0.25, 0.3) is 11.6 Å². The lowest BCUT2D eigenvalue weighted by Crippen LogP contribution is -2.19. The highest BCUT2D eigenvalue weighted by Crippen LogP contribution is 2.26. The molecule has 9 heteroatoms. The number of thioether (sulfide) groups is 1. The highest BCUT2D eigenvalue weighted by atomic mass is 32.2. The predicted molar refractivity (Wildman–Crippen MR) is 113 cm³/mol. The average Bonchev–Trinajstić information content (AvgIpc) is 3.01.